The van der Waals surface area contributed by atoms with Gasteiger partial charge in [0.15, 0.2) is 12.1 Å². The molecule has 0 aromatic rings. The van der Waals surface area contributed by atoms with E-state index in [0.717, 1.165) is 0 Å². The number of alkyl halides is 1. The second-order valence-corrected chi connectivity index (χ2v) is 11.5. The van der Waals surface area contributed by atoms with Crippen molar-refractivity contribution in [3.63, 3.8) is 0 Å². The number of nitriles is 1. The van der Waals surface area contributed by atoms with Crippen LogP contribution in [-0.4, -0.2) is 53.4 Å². The number of epoxide rings is 1. The van der Waals surface area contributed by atoms with Crippen molar-refractivity contribution >= 4 is 5.78 Å². The van der Waals surface area contributed by atoms with Gasteiger partial charge in [-0.05, 0) is 66.9 Å². The van der Waals surface area contributed by atoms with Crippen molar-refractivity contribution in [2.75, 3.05) is 6.61 Å². The zero-order valence-electron chi connectivity index (χ0n) is 19.0. The zero-order chi connectivity index (χ0) is 22.7. The molecule has 3 saturated carbocycles. The molecular weight excluding hydrogens is 413 g/mol. The maximum Gasteiger partial charge on any atom is 0.209 e. The first-order valence-corrected chi connectivity index (χ1v) is 12.1. The molecule has 32 heavy (non-hydrogen) atoms. The number of carbonyl (C=O) groups excluding carboxylic acids is 1. The van der Waals surface area contributed by atoms with E-state index in [0.29, 0.717) is 44.3 Å². The van der Waals surface area contributed by atoms with Crippen LogP contribution in [0.3, 0.4) is 0 Å². The highest BCUT2D eigenvalue weighted by Gasteiger charge is 2.83. The molecule has 6 rings (SSSR count). The first-order chi connectivity index (χ1) is 15.2. The lowest BCUT2D eigenvalue weighted by molar-refractivity contribution is -0.215. The molecule has 0 aromatic heterocycles. The van der Waals surface area contributed by atoms with Crippen LogP contribution in [-0.2, 0) is 19.0 Å². The summed E-state index contributed by atoms with van der Waals surface area (Å²) in [6, 6.07) is 2.38. The van der Waals surface area contributed by atoms with Gasteiger partial charge < -0.3 is 19.3 Å². The predicted octanol–water partition coefficient (Wildman–Crippen LogP) is 3.23. The van der Waals surface area contributed by atoms with E-state index in [1.165, 1.54) is 6.08 Å². The Kier molecular flexibility index (Phi) is 4.25. The van der Waals surface area contributed by atoms with Crippen LogP contribution in [0.1, 0.15) is 59.3 Å². The van der Waals surface area contributed by atoms with Crippen LogP contribution in [0.4, 0.5) is 4.39 Å². The van der Waals surface area contributed by atoms with Crippen molar-refractivity contribution in [2.45, 2.75) is 95.2 Å². The van der Waals surface area contributed by atoms with Gasteiger partial charge in [-0.3, -0.25) is 4.79 Å². The molecule has 2 saturated heterocycles. The van der Waals surface area contributed by atoms with Gasteiger partial charge >= 0.3 is 0 Å². The van der Waals surface area contributed by atoms with Crippen LogP contribution in [0.15, 0.2) is 11.6 Å². The Morgan fingerprint density at radius 3 is 2.75 bits per heavy atom. The molecule has 0 aromatic carbocycles. The van der Waals surface area contributed by atoms with Crippen LogP contribution in [0.2, 0.25) is 0 Å². The van der Waals surface area contributed by atoms with Gasteiger partial charge in [0.2, 0.25) is 5.60 Å². The van der Waals surface area contributed by atoms with Gasteiger partial charge in [0.05, 0.1) is 18.8 Å². The Bertz CT molecular complexity index is 941. The monoisotopic (exact) mass is 445 g/mol. The van der Waals surface area contributed by atoms with Crippen molar-refractivity contribution in [3.05, 3.63) is 11.6 Å². The summed E-state index contributed by atoms with van der Waals surface area (Å²) in [7, 11) is 0. The molecule has 2 unspecified atom stereocenters. The number of fused-ring (bicyclic) bond motifs is 7. The Labute approximate surface area is 188 Å². The van der Waals surface area contributed by atoms with E-state index < -0.39 is 40.6 Å². The SMILES string of the molecule is CCC1O[C@@H]2C[C@H]3[C@@H]4C[C@H](F)C5=CC(=O)CC[C@]5(C)[C@H]4[C@@H](O)C[C@]3(C)[C@]2(C2(C#N)CO2)O1. The second kappa shape index (κ2) is 6.41. The van der Waals surface area contributed by atoms with Gasteiger partial charge in [0.1, 0.15) is 17.8 Å². The molecule has 6 aliphatic rings. The van der Waals surface area contributed by atoms with Crippen molar-refractivity contribution in [2.24, 2.45) is 28.6 Å². The summed E-state index contributed by atoms with van der Waals surface area (Å²) in [5, 5.41) is 21.7. The fraction of sp³-hybridized carbons (Fsp3) is 0.840. The van der Waals surface area contributed by atoms with Crippen molar-refractivity contribution in [3.8, 4) is 6.07 Å². The molecule has 11 atom stereocenters. The third-order valence-electron chi connectivity index (χ3n) is 10.2. The molecule has 174 valence electrons. The maximum absolute atomic E-state index is 15.6. The van der Waals surface area contributed by atoms with E-state index in [1.807, 2.05) is 13.8 Å². The Morgan fingerprint density at radius 2 is 2.09 bits per heavy atom. The molecule has 6 nitrogen and oxygen atoms in total. The number of aliphatic hydroxyl groups excluding tert-OH is 1. The summed E-state index contributed by atoms with van der Waals surface area (Å²) >= 11 is 0. The summed E-state index contributed by atoms with van der Waals surface area (Å²) < 4.78 is 34.3. The largest absolute Gasteiger partial charge is 0.393 e. The van der Waals surface area contributed by atoms with Gasteiger partial charge in [-0.2, -0.15) is 5.26 Å². The van der Waals surface area contributed by atoms with Crippen molar-refractivity contribution < 1.29 is 28.5 Å². The molecule has 0 spiro atoms. The smallest absolute Gasteiger partial charge is 0.209 e. The summed E-state index contributed by atoms with van der Waals surface area (Å²) in [5.74, 6) is -0.166. The summed E-state index contributed by atoms with van der Waals surface area (Å²) in [6.07, 6.45) is 1.98. The number of rotatable bonds is 2. The third kappa shape index (κ3) is 2.25. The maximum atomic E-state index is 15.6. The van der Waals surface area contributed by atoms with E-state index in [-0.39, 0.29) is 36.1 Å². The molecule has 5 fully saturated rings. The fourth-order valence-electron chi connectivity index (χ4n) is 8.88. The lowest BCUT2D eigenvalue weighted by atomic mass is 9.44. The molecule has 2 heterocycles. The molecule has 4 aliphatic carbocycles. The van der Waals surface area contributed by atoms with Crippen molar-refractivity contribution in [1.82, 2.24) is 0 Å². The molecule has 0 bridgehead atoms. The Morgan fingerprint density at radius 1 is 1.34 bits per heavy atom. The van der Waals surface area contributed by atoms with Crippen LogP contribution in [0, 0.1) is 39.9 Å². The molecule has 0 amide bonds. The number of hydrogen-bond donors (Lipinski definition) is 1. The van der Waals surface area contributed by atoms with Crippen LogP contribution in [0.5, 0.6) is 0 Å². The van der Waals surface area contributed by atoms with E-state index in [9.17, 15) is 15.2 Å². The number of halogens is 1. The van der Waals surface area contributed by atoms with E-state index in [4.69, 9.17) is 14.2 Å². The lowest BCUT2D eigenvalue weighted by Crippen LogP contribution is -2.66. The number of allylic oxidation sites excluding steroid dienone is 1. The van der Waals surface area contributed by atoms with Crippen LogP contribution >= 0.6 is 0 Å². The normalized spacial score (nSPS) is 58.2. The zero-order valence-corrected chi connectivity index (χ0v) is 19.0. The van der Waals surface area contributed by atoms with E-state index in [2.05, 4.69) is 13.0 Å². The number of ketones is 1. The number of nitrogens with zero attached hydrogens (tertiary/aromatic N) is 1. The summed E-state index contributed by atoms with van der Waals surface area (Å²) in [5.41, 5.74) is -2.57. The highest BCUT2D eigenvalue weighted by atomic mass is 19.1. The number of ether oxygens (including phenoxy) is 3. The molecular formula is C25H32FNO5. The van der Waals surface area contributed by atoms with Gasteiger partial charge in [-0.1, -0.05) is 20.8 Å². The van der Waals surface area contributed by atoms with Gasteiger partial charge in [0.25, 0.3) is 0 Å². The average molecular weight is 446 g/mol. The van der Waals surface area contributed by atoms with E-state index >= 15 is 4.39 Å². The van der Waals surface area contributed by atoms with Gasteiger partial charge in [-0.25, -0.2) is 4.39 Å². The Hall–Kier alpha value is -1.33. The highest BCUT2D eigenvalue weighted by Crippen LogP contribution is 2.73. The third-order valence-corrected chi connectivity index (χ3v) is 10.2. The lowest BCUT2D eigenvalue weighted by Gasteiger charge is -2.61. The minimum atomic E-state index is -1.19. The fourth-order valence-corrected chi connectivity index (χ4v) is 8.88. The van der Waals surface area contributed by atoms with E-state index in [1.54, 1.807) is 0 Å². The van der Waals surface area contributed by atoms with Gasteiger partial charge in [0, 0.05) is 11.8 Å². The summed E-state index contributed by atoms with van der Waals surface area (Å²) in [6.45, 7) is 6.42. The average Bonchev–Trinajstić information content (AvgIpc) is 3.39. The van der Waals surface area contributed by atoms with Crippen LogP contribution in [0.25, 0.3) is 0 Å². The first kappa shape index (κ1) is 21.2. The number of aliphatic hydroxyl groups is 1. The van der Waals surface area contributed by atoms with Crippen LogP contribution < -0.4 is 0 Å². The molecule has 1 N–H and O–H groups in total. The minimum Gasteiger partial charge on any atom is -0.393 e. The summed E-state index contributed by atoms with van der Waals surface area (Å²) in [4.78, 5) is 12.1. The number of hydrogen-bond acceptors (Lipinski definition) is 6. The first-order valence-electron chi connectivity index (χ1n) is 12.1. The minimum absolute atomic E-state index is 0.0164. The molecule has 7 heteroatoms. The number of carbonyl (C=O) groups is 1. The molecule has 2 aliphatic heterocycles. The second-order valence-electron chi connectivity index (χ2n) is 11.5. The highest BCUT2D eigenvalue weighted by molar-refractivity contribution is 5.91. The predicted molar refractivity (Wildman–Crippen MR) is 111 cm³/mol. The molecule has 0 radical (unpaired) electrons. The van der Waals surface area contributed by atoms with Gasteiger partial charge in [-0.15, -0.1) is 0 Å². The Balaban J connectivity index is 1.46. The topological polar surface area (TPSA) is 92.1 Å². The standard InChI is InChI=1S/C25H32FNO5/c1-4-20-31-19-9-15-14-8-17(26)16-7-13(28)5-6-22(16,2)21(14)18(29)10-23(15,3)25(19,32-20)24(11-27)12-30-24/h7,14-15,17-21,29H,4-6,8-10,12H2,1-3H3/t14-,15-,17-,18-,19+,20?,21+,22-,23-,24?,25+/m0/s1. The van der Waals surface area contributed by atoms with Crippen molar-refractivity contribution in [1.29, 1.82) is 5.26 Å². The quantitative estimate of drug-likeness (QED) is 0.656.